The molecule has 0 radical (unpaired) electrons. The molecule has 2 aromatic rings. The topological polar surface area (TPSA) is 128 Å². The van der Waals surface area contributed by atoms with Gasteiger partial charge in [-0.1, -0.05) is 48.5 Å². The standard InChI is InChI=1S/C38H55NO10/c1-37(2,3)48-27-33(39-36(42)47-26-32-30-14-9-7-12-28(30)29-13-8-10-15-31(29)32)34(40)16-11-18-43-20-22-45-24-25-46-23-21-44-19-17-35(41)49-38(4,5)6/h7-10,12-15,32-33H,11,16-27H2,1-6H3,(H,39,42)/t33-/m0/s1. The van der Waals surface area contributed by atoms with Gasteiger partial charge in [-0.25, -0.2) is 4.79 Å². The third kappa shape index (κ3) is 15.4. The molecule has 1 atom stereocenters. The number of hydrogen-bond donors (Lipinski definition) is 1. The lowest BCUT2D eigenvalue weighted by atomic mass is 9.98. The van der Waals surface area contributed by atoms with Gasteiger partial charge in [0.15, 0.2) is 5.78 Å². The molecule has 0 bridgehead atoms. The molecule has 1 aliphatic carbocycles. The maximum atomic E-state index is 13.1. The van der Waals surface area contributed by atoms with Crippen molar-refractivity contribution >= 4 is 17.8 Å². The van der Waals surface area contributed by atoms with E-state index in [1.165, 1.54) is 0 Å². The number of alkyl carbamates (subject to hydrolysis) is 1. The van der Waals surface area contributed by atoms with Crippen LogP contribution < -0.4 is 5.32 Å². The second-order valence-electron chi connectivity index (χ2n) is 13.8. The maximum Gasteiger partial charge on any atom is 0.407 e. The quantitative estimate of drug-likeness (QED) is 0.119. The lowest BCUT2D eigenvalue weighted by molar-refractivity contribution is -0.156. The molecule has 272 valence electrons. The van der Waals surface area contributed by atoms with Crippen LogP contribution in [0.2, 0.25) is 0 Å². The summed E-state index contributed by atoms with van der Waals surface area (Å²) in [5.74, 6) is -0.507. The Kier molecular flexibility index (Phi) is 16.7. The van der Waals surface area contributed by atoms with Crippen LogP contribution >= 0.6 is 0 Å². The van der Waals surface area contributed by atoms with Crippen LogP contribution in [-0.4, -0.2) is 101 Å². The lowest BCUT2D eigenvalue weighted by Crippen LogP contribution is -2.46. The predicted molar refractivity (Wildman–Crippen MR) is 186 cm³/mol. The van der Waals surface area contributed by atoms with E-state index in [9.17, 15) is 14.4 Å². The van der Waals surface area contributed by atoms with E-state index in [1.807, 2.05) is 65.8 Å². The molecule has 0 aromatic heterocycles. The Morgan fingerprint density at radius 3 is 1.71 bits per heavy atom. The molecule has 0 aliphatic heterocycles. The largest absolute Gasteiger partial charge is 0.460 e. The summed E-state index contributed by atoms with van der Waals surface area (Å²) in [6, 6.07) is 15.4. The number of rotatable bonds is 22. The van der Waals surface area contributed by atoms with Crippen LogP contribution in [0.3, 0.4) is 0 Å². The Labute approximate surface area is 291 Å². The van der Waals surface area contributed by atoms with Gasteiger partial charge in [0.1, 0.15) is 18.2 Å². The van der Waals surface area contributed by atoms with Gasteiger partial charge < -0.3 is 38.5 Å². The molecular weight excluding hydrogens is 630 g/mol. The van der Waals surface area contributed by atoms with Gasteiger partial charge in [-0.2, -0.15) is 0 Å². The minimum absolute atomic E-state index is 0.0432. The molecule has 11 heteroatoms. The van der Waals surface area contributed by atoms with Crippen LogP contribution in [0.15, 0.2) is 48.5 Å². The first-order valence-corrected chi connectivity index (χ1v) is 17.1. The molecule has 1 N–H and O–H groups in total. The SMILES string of the molecule is CC(C)(C)OC[C@H](NC(=O)OCC1c2ccccc2-c2ccccc21)C(=O)CCCOCCOCCOCCOCCC(=O)OC(C)(C)C. The van der Waals surface area contributed by atoms with Crippen molar-refractivity contribution in [3.8, 4) is 11.1 Å². The first-order chi connectivity index (χ1) is 23.3. The van der Waals surface area contributed by atoms with E-state index >= 15 is 0 Å². The van der Waals surface area contributed by atoms with E-state index in [0.29, 0.717) is 52.7 Å². The third-order valence-corrected chi connectivity index (χ3v) is 7.41. The van der Waals surface area contributed by atoms with Crippen molar-refractivity contribution in [2.24, 2.45) is 0 Å². The van der Waals surface area contributed by atoms with Gasteiger partial charge in [0.05, 0.1) is 64.9 Å². The molecule has 2 aromatic carbocycles. The molecule has 0 unspecified atom stereocenters. The number of nitrogens with one attached hydrogen (secondary N) is 1. The lowest BCUT2D eigenvalue weighted by Gasteiger charge is -2.24. The predicted octanol–water partition coefficient (Wildman–Crippen LogP) is 5.86. The van der Waals surface area contributed by atoms with Crippen LogP contribution in [0.5, 0.6) is 0 Å². The number of carbonyl (C=O) groups excluding carboxylic acids is 3. The Bertz CT molecular complexity index is 1270. The summed E-state index contributed by atoms with van der Waals surface area (Å²) in [6.07, 6.45) is 0.268. The fraction of sp³-hybridized carbons (Fsp3) is 0.605. The second-order valence-corrected chi connectivity index (χ2v) is 13.8. The van der Waals surface area contributed by atoms with E-state index in [-0.39, 0.29) is 50.3 Å². The van der Waals surface area contributed by atoms with Crippen LogP contribution in [0.4, 0.5) is 4.79 Å². The van der Waals surface area contributed by atoms with Crippen molar-refractivity contribution in [2.75, 3.05) is 66.1 Å². The van der Waals surface area contributed by atoms with Crippen molar-refractivity contribution in [1.82, 2.24) is 5.32 Å². The van der Waals surface area contributed by atoms with Gasteiger partial charge >= 0.3 is 12.1 Å². The van der Waals surface area contributed by atoms with Crippen molar-refractivity contribution in [3.63, 3.8) is 0 Å². The summed E-state index contributed by atoms with van der Waals surface area (Å²) >= 11 is 0. The van der Waals surface area contributed by atoms with Gasteiger partial charge in [0.25, 0.3) is 0 Å². The van der Waals surface area contributed by atoms with Crippen molar-refractivity contribution in [3.05, 3.63) is 59.7 Å². The molecule has 1 aliphatic rings. The molecule has 0 fully saturated rings. The fourth-order valence-electron chi connectivity index (χ4n) is 5.16. The zero-order valence-corrected chi connectivity index (χ0v) is 30.0. The Balaban J connectivity index is 1.27. The molecule has 11 nitrogen and oxygen atoms in total. The first kappa shape index (κ1) is 40.1. The number of benzene rings is 2. The highest BCUT2D eigenvalue weighted by Crippen LogP contribution is 2.44. The molecule has 0 saturated heterocycles. The summed E-state index contributed by atoms with van der Waals surface area (Å²) < 4.78 is 38.7. The van der Waals surface area contributed by atoms with Crippen LogP contribution in [0.25, 0.3) is 11.1 Å². The summed E-state index contributed by atoms with van der Waals surface area (Å²) in [7, 11) is 0. The van der Waals surface area contributed by atoms with Crippen molar-refractivity contribution in [1.29, 1.82) is 0 Å². The zero-order valence-electron chi connectivity index (χ0n) is 30.0. The van der Waals surface area contributed by atoms with E-state index in [2.05, 4.69) is 29.6 Å². The van der Waals surface area contributed by atoms with Crippen LogP contribution in [0, 0.1) is 0 Å². The average Bonchev–Trinajstić information content (AvgIpc) is 3.36. The summed E-state index contributed by atoms with van der Waals surface area (Å²) in [4.78, 5) is 37.7. The van der Waals surface area contributed by atoms with Gasteiger partial charge in [-0.05, 0) is 70.2 Å². The van der Waals surface area contributed by atoms with Gasteiger partial charge in [-0.3, -0.25) is 9.59 Å². The first-order valence-electron chi connectivity index (χ1n) is 17.1. The summed E-state index contributed by atoms with van der Waals surface area (Å²) in [5, 5.41) is 2.74. The molecule has 0 spiro atoms. The minimum Gasteiger partial charge on any atom is -0.460 e. The van der Waals surface area contributed by atoms with Crippen LogP contribution in [-0.2, 0) is 42.7 Å². The van der Waals surface area contributed by atoms with Crippen molar-refractivity contribution in [2.45, 2.75) is 84.0 Å². The van der Waals surface area contributed by atoms with Gasteiger partial charge in [0, 0.05) is 18.9 Å². The number of Topliss-reactive ketones (excluding diaryl/α,β-unsaturated/α-hetero) is 1. The molecule has 1 amide bonds. The third-order valence-electron chi connectivity index (χ3n) is 7.41. The Morgan fingerprint density at radius 1 is 0.673 bits per heavy atom. The monoisotopic (exact) mass is 685 g/mol. The minimum atomic E-state index is -0.839. The normalized spacial score (nSPS) is 13.4. The van der Waals surface area contributed by atoms with Gasteiger partial charge in [-0.15, -0.1) is 0 Å². The highest BCUT2D eigenvalue weighted by Gasteiger charge is 2.30. The van der Waals surface area contributed by atoms with Gasteiger partial charge in [0.2, 0.25) is 0 Å². The fourth-order valence-corrected chi connectivity index (χ4v) is 5.16. The van der Waals surface area contributed by atoms with Crippen molar-refractivity contribution < 1.29 is 47.5 Å². The molecule has 49 heavy (non-hydrogen) atoms. The maximum absolute atomic E-state index is 13.1. The summed E-state index contributed by atoms with van der Waals surface area (Å²) in [5.41, 5.74) is 3.56. The number of amides is 1. The van der Waals surface area contributed by atoms with E-state index < -0.39 is 23.3 Å². The van der Waals surface area contributed by atoms with E-state index in [4.69, 9.17) is 33.2 Å². The smallest absolute Gasteiger partial charge is 0.407 e. The molecule has 0 saturated carbocycles. The molecule has 3 rings (SSSR count). The highest BCUT2D eigenvalue weighted by molar-refractivity contribution is 5.87. The number of carbonyl (C=O) groups is 3. The Hall–Kier alpha value is -3.35. The summed E-state index contributed by atoms with van der Waals surface area (Å²) in [6.45, 7) is 14.5. The number of ketones is 1. The zero-order chi connectivity index (χ0) is 35.7. The second kappa shape index (κ2) is 20.4. The number of ether oxygens (including phenoxy) is 7. The Morgan fingerprint density at radius 2 is 1.18 bits per heavy atom. The molecular formula is C38H55NO10. The highest BCUT2D eigenvalue weighted by atomic mass is 16.6. The number of esters is 1. The number of hydrogen-bond acceptors (Lipinski definition) is 10. The number of fused-ring (bicyclic) bond motifs is 3. The van der Waals surface area contributed by atoms with Crippen LogP contribution in [0.1, 0.15) is 77.8 Å². The average molecular weight is 686 g/mol. The van der Waals surface area contributed by atoms with E-state index in [0.717, 1.165) is 22.3 Å². The van der Waals surface area contributed by atoms with E-state index in [1.54, 1.807) is 0 Å². The molecule has 0 heterocycles.